The first kappa shape index (κ1) is 23.1. The van der Waals surface area contributed by atoms with Crippen LogP contribution in [0.5, 0.6) is 0 Å². The fourth-order valence-corrected chi connectivity index (χ4v) is 6.90. The Morgan fingerprint density at radius 1 is 0.500 bits per heavy atom. The van der Waals surface area contributed by atoms with Crippen LogP contribution >= 0.6 is 0 Å². The second-order valence-corrected chi connectivity index (χ2v) is 11.0. The minimum absolute atomic E-state index is 0.310. The summed E-state index contributed by atoms with van der Waals surface area (Å²) in [7, 11) is 0. The number of aryl methyl sites for hydroxylation is 1. The molecule has 9 aromatic rings. The van der Waals surface area contributed by atoms with Gasteiger partial charge in [0.1, 0.15) is 5.58 Å². The molecule has 0 saturated carbocycles. The van der Waals surface area contributed by atoms with E-state index in [4.69, 9.17) is 4.42 Å². The summed E-state index contributed by atoms with van der Waals surface area (Å²) < 4.78 is 10.8. The predicted molar refractivity (Wildman–Crippen MR) is 173 cm³/mol. The van der Waals surface area contributed by atoms with Gasteiger partial charge >= 0.3 is 5.63 Å². The summed E-state index contributed by atoms with van der Waals surface area (Å²) in [6.07, 6.45) is 0. The molecule has 4 heteroatoms. The largest absolute Gasteiger partial charge is 0.421 e. The van der Waals surface area contributed by atoms with E-state index in [9.17, 15) is 4.79 Å². The average molecular weight is 541 g/mol. The summed E-state index contributed by atoms with van der Waals surface area (Å²) in [6, 6.07) is 44.1. The molecule has 42 heavy (non-hydrogen) atoms. The molecule has 0 bridgehead atoms. The molecule has 0 radical (unpaired) electrons. The second kappa shape index (κ2) is 8.45. The topological polar surface area (TPSA) is 40.1 Å². The van der Waals surface area contributed by atoms with Gasteiger partial charge in [-0.15, -0.1) is 0 Å². The third-order valence-electron chi connectivity index (χ3n) is 8.64. The van der Waals surface area contributed by atoms with Crippen LogP contribution in [0.3, 0.4) is 0 Å². The van der Waals surface area contributed by atoms with Crippen LogP contribution in [0.15, 0.2) is 137 Å². The van der Waals surface area contributed by atoms with Gasteiger partial charge in [-0.2, -0.15) is 0 Å². The number of nitrogens with zero attached hydrogens (tertiary/aromatic N) is 2. The SMILES string of the molecule is Cc1cc2c3ccccc3c(=O)oc2c2c3ccccc3n(-c3ccc4c(c3)c3ccccc3n4-c3ccccc3)c12. The highest BCUT2D eigenvalue weighted by molar-refractivity contribution is 6.24. The van der Waals surface area contributed by atoms with E-state index in [0.717, 1.165) is 55.0 Å². The zero-order valence-corrected chi connectivity index (χ0v) is 22.8. The molecular weight excluding hydrogens is 516 g/mol. The highest BCUT2D eigenvalue weighted by Crippen LogP contribution is 2.41. The normalized spacial score (nSPS) is 12.0. The minimum Gasteiger partial charge on any atom is -0.421 e. The second-order valence-electron chi connectivity index (χ2n) is 11.0. The summed E-state index contributed by atoms with van der Waals surface area (Å²) >= 11 is 0. The number of aromatic nitrogens is 2. The molecule has 0 saturated heterocycles. The molecule has 0 aliphatic heterocycles. The molecule has 0 spiro atoms. The molecule has 0 N–H and O–H groups in total. The van der Waals surface area contributed by atoms with Gasteiger partial charge in [0, 0.05) is 32.9 Å². The summed E-state index contributed by atoms with van der Waals surface area (Å²) in [5, 5.41) is 6.90. The molecule has 0 atom stereocenters. The third-order valence-corrected chi connectivity index (χ3v) is 8.64. The van der Waals surface area contributed by atoms with Gasteiger partial charge in [-0.1, -0.05) is 72.8 Å². The van der Waals surface area contributed by atoms with Gasteiger partial charge in [0.15, 0.2) is 0 Å². The lowest BCUT2D eigenvalue weighted by Gasteiger charge is -2.12. The van der Waals surface area contributed by atoms with E-state index in [-0.39, 0.29) is 5.63 Å². The van der Waals surface area contributed by atoms with Crippen molar-refractivity contribution in [2.24, 2.45) is 0 Å². The number of hydrogen-bond donors (Lipinski definition) is 0. The highest BCUT2D eigenvalue weighted by atomic mass is 16.4. The maximum Gasteiger partial charge on any atom is 0.344 e. The molecular formula is C38H24N2O2. The van der Waals surface area contributed by atoms with E-state index in [1.807, 2.05) is 24.3 Å². The van der Waals surface area contributed by atoms with Gasteiger partial charge in [-0.3, -0.25) is 0 Å². The summed E-state index contributed by atoms with van der Waals surface area (Å²) in [5.41, 5.74) is 8.11. The Morgan fingerprint density at radius 2 is 1.12 bits per heavy atom. The number of rotatable bonds is 2. The first-order valence-electron chi connectivity index (χ1n) is 14.2. The van der Waals surface area contributed by atoms with Gasteiger partial charge in [-0.05, 0) is 72.5 Å². The van der Waals surface area contributed by atoms with Crippen molar-refractivity contribution in [3.05, 3.63) is 143 Å². The Bertz CT molecular complexity index is 2600. The number of fused-ring (bicyclic) bond motifs is 10. The molecule has 3 heterocycles. The quantitative estimate of drug-likeness (QED) is 0.162. The molecule has 9 rings (SSSR count). The molecule has 0 amide bonds. The monoisotopic (exact) mass is 540 g/mol. The van der Waals surface area contributed by atoms with E-state index >= 15 is 0 Å². The molecule has 0 aliphatic carbocycles. The lowest BCUT2D eigenvalue weighted by molar-refractivity contribution is 0.573. The van der Waals surface area contributed by atoms with Crippen LogP contribution in [0.25, 0.3) is 76.7 Å². The fourth-order valence-electron chi connectivity index (χ4n) is 6.90. The van der Waals surface area contributed by atoms with Gasteiger partial charge in [0.2, 0.25) is 0 Å². The molecule has 3 aromatic heterocycles. The van der Waals surface area contributed by atoms with Gasteiger partial charge in [-0.25, -0.2) is 4.79 Å². The molecule has 198 valence electrons. The average Bonchev–Trinajstić information content (AvgIpc) is 3.56. The maximum atomic E-state index is 13.1. The number of benzene rings is 6. The first-order chi connectivity index (χ1) is 20.7. The summed E-state index contributed by atoms with van der Waals surface area (Å²) in [6.45, 7) is 2.15. The standard InChI is InChI=1S/C38H24N2O2/c1-23-21-31-26-13-5-6-15-28(26)38(41)42-37(31)35-29-16-8-10-18-33(29)40(36(23)35)25-19-20-34-30(22-25)27-14-7-9-17-32(27)39(34)24-11-3-2-4-12-24/h2-22H,1H3. The van der Waals surface area contributed by atoms with E-state index in [1.165, 1.54) is 16.3 Å². The first-order valence-corrected chi connectivity index (χ1v) is 14.2. The molecule has 0 fully saturated rings. The van der Waals surface area contributed by atoms with E-state index < -0.39 is 0 Å². The van der Waals surface area contributed by atoms with Crippen molar-refractivity contribution in [1.29, 1.82) is 0 Å². The lowest BCUT2D eigenvalue weighted by Crippen LogP contribution is -2.01. The number of hydrogen-bond acceptors (Lipinski definition) is 2. The number of para-hydroxylation sites is 3. The Morgan fingerprint density at radius 3 is 1.90 bits per heavy atom. The predicted octanol–water partition coefficient (Wildman–Crippen LogP) is 9.45. The zero-order chi connectivity index (χ0) is 27.9. The zero-order valence-electron chi connectivity index (χ0n) is 22.8. The van der Waals surface area contributed by atoms with Crippen molar-refractivity contribution >= 4 is 65.4 Å². The van der Waals surface area contributed by atoms with Crippen LogP contribution in [0.4, 0.5) is 0 Å². The Kier molecular flexibility index (Phi) is 4.65. The van der Waals surface area contributed by atoms with Crippen LogP contribution in [0, 0.1) is 6.92 Å². The molecule has 4 nitrogen and oxygen atoms in total. The minimum atomic E-state index is -0.310. The van der Waals surface area contributed by atoms with Gasteiger partial charge < -0.3 is 13.6 Å². The fraction of sp³-hybridized carbons (Fsp3) is 0.0263. The summed E-state index contributed by atoms with van der Waals surface area (Å²) in [4.78, 5) is 13.1. The van der Waals surface area contributed by atoms with E-state index in [0.29, 0.717) is 11.0 Å². The van der Waals surface area contributed by atoms with Crippen molar-refractivity contribution in [3.63, 3.8) is 0 Å². The van der Waals surface area contributed by atoms with Crippen LogP contribution < -0.4 is 5.63 Å². The smallest absolute Gasteiger partial charge is 0.344 e. The lowest BCUT2D eigenvalue weighted by atomic mass is 10.0. The Hall–Kier alpha value is -5.61. The van der Waals surface area contributed by atoms with Crippen LogP contribution in [0.1, 0.15) is 5.56 Å². The van der Waals surface area contributed by atoms with Crippen LogP contribution in [-0.2, 0) is 0 Å². The van der Waals surface area contributed by atoms with Crippen molar-refractivity contribution in [2.75, 3.05) is 0 Å². The molecule has 0 unspecified atom stereocenters. The van der Waals surface area contributed by atoms with Crippen molar-refractivity contribution < 1.29 is 4.42 Å². The van der Waals surface area contributed by atoms with Gasteiger partial charge in [0.05, 0.1) is 32.8 Å². The van der Waals surface area contributed by atoms with Crippen molar-refractivity contribution in [3.8, 4) is 11.4 Å². The van der Waals surface area contributed by atoms with Crippen molar-refractivity contribution in [1.82, 2.24) is 9.13 Å². The Labute approximate surface area is 240 Å². The highest BCUT2D eigenvalue weighted by Gasteiger charge is 2.21. The van der Waals surface area contributed by atoms with E-state index in [2.05, 4.69) is 119 Å². The Balaban J connectivity index is 1.42. The van der Waals surface area contributed by atoms with Crippen molar-refractivity contribution in [2.45, 2.75) is 6.92 Å². The third kappa shape index (κ3) is 3.04. The molecule has 6 aromatic carbocycles. The maximum absolute atomic E-state index is 13.1. The molecule has 0 aliphatic rings. The van der Waals surface area contributed by atoms with Crippen LogP contribution in [-0.4, -0.2) is 9.13 Å². The van der Waals surface area contributed by atoms with Crippen LogP contribution in [0.2, 0.25) is 0 Å². The van der Waals surface area contributed by atoms with Gasteiger partial charge in [0.25, 0.3) is 0 Å². The summed E-state index contributed by atoms with van der Waals surface area (Å²) in [5.74, 6) is 0. The van der Waals surface area contributed by atoms with E-state index in [1.54, 1.807) is 0 Å².